The molecule has 0 aliphatic carbocycles. The molecular formula is C4H14ClNO2. The monoisotopic (exact) mass is 143 g/mol. The molecule has 4 N–H and O–H groups in total. The Morgan fingerprint density at radius 2 is 1.50 bits per heavy atom. The second kappa shape index (κ2) is 27.2. The lowest BCUT2D eigenvalue weighted by Gasteiger charge is -1.71. The highest BCUT2D eigenvalue weighted by molar-refractivity contribution is 5.85. The van der Waals surface area contributed by atoms with Crippen molar-refractivity contribution in [3.63, 3.8) is 0 Å². The minimum Gasteiger partial charge on any atom is -0.397 e. The van der Waals surface area contributed by atoms with Gasteiger partial charge in [0.05, 0.1) is 6.61 Å². The molecule has 4 heteroatoms. The number of hydrogen-bond donors (Lipinski definition) is 3. The first-order chi connectivity index (χ1) is 3.33. The van der Waals surface area contributed by atoms with Crippen LogP contribution in [0.2, 0.25) is 0 Å². The molecule has 3 nitrogen and oxygen atoms in total. The van der Waals surface area contributed by atoms with Crippen molar-refractivity contribution in [2.75, 3.05) is 19.8 Å². The number of nitrogens with two attached hydrogens (primary N) is 1. The Balaban J connectivity index is -0.0000000575. The molecule has 0 saturated heterocycles. The molecule has 8 heavy (non-hydrogen) atoms. The number of aliphatic hydroxyl groups is 2. The molecule has 0 aliphatic rings. The average molecular weight is 144 g/mol. The Labute approximate surface area is 55.9 Å². The van der Waals surface area contributed by atoms with Crippen molar-refractivity contribution < 1.29 is 10.2 Å². The van der Waals surface area contributed by atoms with Gasteiger partial charge in [-0.2, -0.15) is 0 Å². The van der Waals surface area contributed by atoms with Crippen LogP contribution >= 0.6 is 12.4 Å². The highest BCUT2D eigenvalue weighted by Gasteiger charge is 1.56. The summed E-state index contributed by atoms with van der Waals surface area (Å²) in [6, 6.07) is 0. The van der Waals surface area contributed by atoms with Crippen LogP contribution in [0.4, 0.5) is 0 Å². The summed E-state index contributed by atoms with van der Waals surface area (Å²) in [6.45, 7) is 2.40. The van der Waals surface area contributed by atoms with Crippen LogP contribution in [0.15, 0.2) is 0 Å². The highest BCUT2D eigenvalue weighted by Crippen LogP contribution is 1.33. The second-order valence-corrected chi connectivity index (χ2v) is 0.829. The fourth-order valence-electron chi connectivity index (χ4n) is 0. The summed E-state index contributed by atoms with van der Waals surface area (Å²) in [6.07, 6.45) is 0. The van der Waals surface area contributed by atoms with E-state index in [0.29, 0.717) is 6.54 Å². The van der Waals surface area contributed by atoms with E-state index in [2.05, 4.69) is 0 Å². The van der Waals surface area contributed by atoms with Gasteiger partial charge in [-0.25, -0.2) is 0 Å². The van der Waals surface area contributed by atoms with Gasteiger partial charge in [0.25, 0.3) is 0 Å². The van der Waals surface area contributed by atoms with E-state index in [4.69, 9.17) is 15.9 Å². The van der Waals surface area contributed by atoms with E-state index in [1.165, 1.54) is 0 Å². The van der Waals surface area contributed by atoms with Crippen LogP contribution in [0.3, 0.4) is 0 Å². The van der Waals surface area contributed by atoms with Crippen LogP contribution in [0.5, 0.6) is 0 Å². The molecule has 0 fully saturated rings. The lowest BCUT2D eigenvalue weighted by atomic mass is 10.8. The molecule has 0 heterocycles. The SMILES string of the molecule is CCO.Cl.NCCO. The van der Waals surface area contributed by atoms with Crippen molar-refractivity contribution in [2.24, 2.45) is 5.73 Å². The maximum absolute atomic E-state index is 7.75. The van der Waals surface area contributed by atoms with E-state index in [1.807, 2.05) is 0 Å². The molecule has 0 amide bonds. The van der Waals surface area contributed by atoms with Crippen molar-refractivity contribution in [1.82, 2.24) is 0 Å². The molecular weight excluding hydrogens is 130 g/mol. The Morgan fingerprint density at radius 1 is 1.38 bits per heavy atom. The molecule has 0 aromatic heterocycles. The normalized spacial score (nSPS) is 6.00. The molecule has 0 rings (SSSR count). The van der Waals surface area contributed by atoms with Crippen molar-refractivity contribution in [1.29, 1.82) is 0 Å². The van der Waals surface area contributed by atoms with E-state index in [1.54, 1.807) is 6.92 Å². The zero-order chi connectivity index (χ0) is 6.12. The molecule has 0 aromatic rings. The third kappa shape index (κ3) is 120. The van der Waals surface area contributed by atoms with Crippen LogP contribution in [0.1, 0.15) is 6.92 Å². The smallest absolute Gasteiger partial charge is 0.0553 e. The van der Waals surface area contributed by atoms with Crippen LogP contribution < -0.4 is 5.73 Å². The van der Waals surface area contributed by atoms with Crippen molar-refractivity contribution in [3.05, 3.63) is 0 Å². The van der Waals surface area contributed by atoms with Crippen LogP contribution in [-0.4, -0.2) is 30.0 Å². The quantitative estimate of drug-likeness (QED) is 0.458. The minimum absolute atomic E-state index is 0. The number of rotatable bonds is 1. The maximum atomic E-state index is 7.75. The first-order valence-electron chi connectivity index (χ1n) is 2.25. The van der Waals surface area contributed by atoms with E-state index in [-0.39, 0.29) is 25.6 Å². The number of aliphatic hydroxyl groups excluding tert-OH is 2. The lowest BCUT2D eigenvalue weighted by molar-refractivity contribution is 0.306. The van der Waals surface area contributed by atoms with Gasteiger partial charge in [-0.3, -0.25) is 0 Å². The van der Waals surface area contributed by atoms with Gasteiger partial charge >= 0.3 is 0 Å². The molecule has 0 unspecified atom stereocenters. The first kappa shape index (κ1) is 15.7. The third-order valence-corrected chi connectivity index (χ3v) is 0.129. The summed E-state index contributed by atoms with van der Waals surface area (Å²) >= 11 is 0. The van der Waals surface area contributed by atoms with Crippen molar-refractivity contribution in [2.45, 2.75) is 6.92 Å². The van der Waals surface area contributed by atoms with Gasteiger partial charge in [0.2, 0.25) is 0 Å². The minimum atomic E-state index is 0. The zero-order valence-corrected chi connectivity index (χ0v) is 5.82. The third-order valence-electron chi connectivity index (χ3n) is 0.129. The molecule has 54 valence electrons. The molecule has 0 atom stereocenters. The van der Waals surface area contributed by atoms with Gasteiger partial charge in [0.15, 0.2) is 0 Å². The maximum Gasteiger partial charge on any atom is 0.0553 e. The van der Waals surface area contributed by atoms with E-state index >= 15 is 0 Å². The molecule has 0 aliphatic heterocycles. The van der Waals surface area contributed by atoms with Gasteiger partial charge in [-0.05, 0) is 6.92 Å². The fraction of sp³-hybridized carbons (Fsp3) is 1.00. The van der Waals surface area contributed by atoms with Gasteiger partial charge in [0.1, 0.15) is 0 Å². The molecule has 0 bridgehead atoms. The Morgan fingerprint density at radius 3 is 1.50 bits per heavy atom. The summed E-state index contributed by atoms with van der Waals surface area (Å²) in [5.74, 6) is 0. The van der Waals surface area contributed by atoms with Crippen molar-refractivity contribution >= 4 is 12.4 Å². The van der Waals surface area contributed by atoms with Gasteiger partial charge in [-0.1, -0.05) is 0 Å². The second-order valence-electron chi connectivity index (χ2n) is 0.829. The molecule has 0 spiro atoms. The summed E-state index contributed by atoms with van der Waals surface area (Å²) < 4.78 is 0. The van der Waals surface area contributed by atoms with Gasteiger partial charge < -0.3 is 15.9 Å². The van der Waals surface area contributed by atoms with Crippen molar-refractivity contribution in [3.8, 4) is 0 Å². The van der Waals surface area contributed by atoms with E-state index in [0.717, 1.165) is 0 Å². The van der Waals surface area contributed by atoms with Gasteiger partial charge in [-0.15, -0.1) is 12.4 Å². The number of hydrogen-bond acceptors (Lipinski definition) is 3. The van der Waals surface area contributed by atoms with Gasteiger partial charge in [0, 0.05) is 13.2 Å². The summed E-state index contributed by atoms with van der Waals surface area (Å²) in [5, 5.41) is 15.3. The van der Waals surface area contributed by atoms with E-state index in [9.17, 15) is 0 Å². The Hall–Kier alpha value is 0.170. The van der Waals surface area contributed by atoms with E-state index < -0.39 is 0 Å². The standard InChI is InChI=1S/C2H7NO.C2H6O.ClH/c3-1-2-4;1-2-3;/h4H,1-3H2;3H,2H2,1H3;1H. The number of halogens is 1. The molecule has 0 aromatic carbocycles. The van der Waals surface area contributed by atoms with Crippen LogP contribution in [-0.2, 0) is 0 Å². The van der Waals surface area contributed by atoms with Crippen LogP contribution in [0, 0.1) is 0 Å². The largest absolute Gasteiger partial charge is 0.397 e. The predicted octanol–water partition coefficient (Wildman–Crippen LogP) is -0.642. The summed E-state index contributed by atoms with van der Waals surface area (Å²) in [4.78, 5) is 0. The Kier molecular flexibility index (Phi) is 53.4. The average Bonchev–Trinajstić information content (AvgIpc) is 1.69. The topological polar surface area (TPSA) is 66.5 Å². The summed E-state index contributed by atoms with van der Waals surface area (Å²) in [5.41, 5.74) is 4.78. The molecule has 0 radical (unpaired) electrons. The summed E-state index contributed by atoms with van der Waals surface area (Å²) in [7, 11) is 0. The zero-order valence-electron chi connectivity index (χ0n) is 5.00. The molecule has 0 saturated carbocycles. The lowest BCUT2D eigenvalue weighted by Crippen LogP contribution is -2.02. The predicted molar refractivity (Wildman–Crippen MR) is 36.1 cm³/mol. The fourth-order valence-corrected chi connectivity index (χ4v) is 0. The Bertz CT molecular complexity index is 21.5. The highest BCUT2D eigenvalue weighted by atomic mass is 35.5. The van der Waals surface area contributed by atoms with Crippen LogP contribution in [0.25, 0.3) is 0 Å². The first-order valence-corrected chi connectivity index (χ1v) is 2.25.